The molecule has 0 saturated carbocycles. The molecule has 1 heterocycles. The number of rotatable bonds is 0. The summed E-state index contributed by atoms with van der Waals surface area (Å²) in [4.78, 5) is 0. The number of hydrogen-bond donors (Lipinski definition) is 1. The Bertz CT molecular complexity index is 285. The maximum absolute atomic E-state index is 9.41. The number of halogens is 1. The van der Waals surface area contributed by atoms with Gasteiger partial charge in [-0.2, -0.15) is 0 Å². The Labute approximate surface area is 72.9 Å². The second-order valence-electron chi connectivity index (χ2n) is 2.48. The van der Waals surface area contributed by atoms with Crippen molar-refractivity contribution in [2.75, 3.05) is 6.61 Å². The molecule has 1 atom stereocenters. The normalized spacial score (nSPS) is 21.1. The summed E-state index contributed by atoms with van der Waals surface area (Å²) in [5, 5.41) is 9.41. The molecule has 0 radical (unpaired) electrons. The molecular weight excluding hydrogens is 208 g/mol. The Morgan fingerprint density at radius 3 is 3.09 bits per heavy atom. The first-order valence-corrected chi connectivity index (χ1v) is 4.17. The standard InChI is InChI=1S/C8H7BrO2/c9-5-2-1-3-7-8(5)6(10)4-11-7/h1-3,6,10H,4H2. The van der Waals surface area contributed by atoms with Gasteiger partial charge in [0.1, 0.15) is 18.5 Å². The summed E-state index contributed by atoms with van der Waals surface area (Å²) in [5.41, 5.74) is 0.868. The van der Waals surface area contributed by atoms with Crippen LogP contribution in [-0.4, -0.2) is 11.7 Å². The fourth-order valence-corrected chi connectivity index (χ4v) is 1.83. The molecule has 1 aromatic rings. The van der Waals surface area contributed by atoms with Crippen molar-refractivity contribution in [3.05, 3.63) is 28.2 Å². The van der Waals surface area contributed by atoms with Gasteiger partial charge < -0.3 is 9.84 Å². The zero-order chi connectivity index (χ0) is 7.84. The van der Waals surface area contributed by atoms with E-state index in [1.54, 1.807) is 0 Å². The molecule has 0 fully saturated rings. The van der Waals surface area contributed by atoms with Gasteiger partial charge in [0, 0.05) is 10.0 Å². The van der Waals surface area contributed by atoms with Crippen molar-refractivity contribution >= 4 is 15.9 Å². The Morgan fingerprint density at radius 1 is 1.55 bits per heavy atom. The molecule has 0 saturated heterocycles. The first-order chi connectivity index (χ1) is 5.29. The van der Waals surface area contributed by atoms with Crippen molar-refractivity contribution in [3.63, 3.8) is 0 Å². The highest BCUT2D eigenvalue weighted by Gasteiger charge is 2.23. The van der Waals surface area contributed by atoms with Crippen LogP contribution in [0.25, 0.3) is 0 Å². The molecule has 1 N–H and O–H groups in total. The second-order valence-corrected chi connectivity index (χ2v) is 3.33. The van der Waals surface area contributed by atoms with Crippen LogP contribution in [0.15, 0.2) is 22.7 Å². The minimum absolute atomic E-state index is 0.373. The quantitative estimate of drug-likeness (QED) is 0.715. The summed E-state index contributed by atoms with van der Waals surface area (Å²) in [7, 11) is 0. The molecule has 3 heteroatoms. The third kappa shape index (κ3) is 1.04. The van der Waals surface area contributed by atoms with Crippen LogP contribution in [0.4, 0.5) is 0 Å². The Morgan fingerprint density at radius 2 is 2.36 bits per heavy atom. The lowest BCUT2D eigenvalue weighted by molar-refractivity contribution is 0.140. The van der Waals surface area contributed by atoms with Crippen LogP contribution < -0.4 is 4.74 Å². The molecule has 2 rings (SSSR count). The molecule has 0 bridgehead atoms. The topological polar surface area (TPSA) is 29.5 Å². The minimum atomic E-state index is -0.472. The largest absolute Gasteiger partial charge is 0.490 e. The molecule has 11 heavy (non-hydrogen) atoms. The molecule has 0 spiro atoms. The highest BCUT2D eigenvalue weighted by molar-refractivity contribution is 9.10. The first kappa shape index (κ1) is 7.13. The molecule has 1 aliphatic heterocycles. The van der Waals surface area contributed by atoms with Gasteiger partial charge >= 0.3 is 0 Å². The fraction of sp³-hybridized carbons (Fsp3) is 0.250. The predicted octanol–water partition coefficient (Wildman–Crippen LogP) is 1.87. The minimum Gasteiger partial charge on any atom is -0.490 e. The van der Waals surface area contributed by atoms with E-state index in [2.05, 4.69) is 15.9 Å². The average Bonchev–Trinajstić information content (AvgIpc) is 2.34. The summed E-state index contributed by atoms with van der Waals surface area (Å²) >= 11 is 3.35. The maximum atomic E-state index is 9.41. The monoisotopic (exact) mass is 214 g/mol. The lowest BCUT2D eigenvalue weighted by Crippen LogP contribution is -1.97. The van der Waals surface area contributed by atoms with Gasteiger partial charge in [-0.05, 0) is 12.1 Å². The molecule has 2 nitrogen and oxygen atoms in total. The van der Waals surface area contributed by atoms with E-state index < -0.39 is 6.10 Å². The summed E-state index contributed by atoms with van der Waals surface area (Å²) in [6.45, 7) is 0.373. The van der Waals surface area contributed by atoms with Gasteiger partial charge in [-0.1, -0.05) is 22.0 Å². The van der Waals surface area contributed by atoms with Crippen molar-refractivity contribution in [2.45, 2.75) is 6.10 Å². The average molecular weight is 215 g/mol. The number of fused-ring (bicyclic) bond motifs is 1. The maximum Gasteiger partial charge on any atom is 0.126 e. The van der Waals surface area contributed by atoms with E-state index in [0.29, 0.717) is 6.61 Å². The van der Waals surface area contributed by atoms with Gasteiger partial charge in [0.05, 0.1) is 0 Å². The number of hydrogen-bond acceptors (Lipinski definition) is 2. The van der Waals surface area contributed by atoms with Crippen LogP contribution in [0, 0.1) is 0 Å². The van der Waals surface area contributed by atoms with E-state index in [4.69, 9.17) is 4.74 Å². The number of aliphatic hydroxyl groups excluding tert-OH is 1. The molecule has 1 aliphatic rings. The summed E-state index contributed by atoms with van der Waals surface area (Å²) in [6, 6.07) is 5.65. The molecule has 1 unspecified atom stereocenters. The molecule has 58 valence electrons. The zero-order valence-electron chi connectivity index (χ0n) is 5.75. The van der Waals surface area contributed by atoms with E-state index in [1.807, 2.05) is 18.2 Å². The van der Waals surface area contributed by atoms with Gasteiger partial charge in [-0.25, -0.2) is 0 Å². The molecule has 0 aromatic heterocycles. The lowest BCUT2D eigenvalue weighted by Gasteiger charge is -2.01. The molecule has 0 amide bonds. The Kier molecular flexibility index (Phi) is 1.62. The summed E-state index contributed by atoms with van der Waals surface area (Å²) in [5.74, 6) is 0.784. The van der Waals surface area contributed by atoms with E-state index in [-0.39, 0.29) is 0 Å². The number of aliphatic hydroxyl groups is 1. The van der Waals surface area contributed by atoms with Crippen LogP contribution >= 0.6 is 15.9 Å². The smallest absolute Gasteiger partial charge is 0.126 e. The van der Waals surface area contributed by atoms with E-state index in [0.717, 1.165) is 15.8 Å². The Balaban J connectivity index is 2.58. The van der Waals surface area contributed by atoms with Crippen LogP contribution in [-0.2, 0) is 0 Å². The lowest BCUT2D eigenvalue weighted by atomic mass is 10.1. The second kappa shape index (κ2) is 2.50. The van der Waals surface area contributed by atoms with Gasteiger partial charge in [0.25, 0.3) is 0 Å². The van der Waals surface area contributed by atoms with Crippen molar-refractivity contribution in [1.82, 2.24) is 0 Å². The van der Waals surface area contributed by atoms with E-state index in [9.17, 15) is 5.11 Å². The number of ether oxygens (including phenoxy) is 1. The van der Waals surface area contributed by atoms with E-state index >= 15 is 0 Å². The van der Waals surface area contributed by atoms with Crippen LogP contribution in [0.1, 0.15) is 11.7 Å². The molecule has 1 aromatic carbocycles. The van der Waals surface area contributed by atoms with Gasteiger partial charge in [-0.15, -0.1) is 0 Å². The van der Waals surface area contributed by atoms with Crippen LogP contribution in [0.2, 0.25) is 0 Å². The third-order valence-electron chi connectivity index (χ3n) is 1.74. The van der Waals surface area contributed by atoms with E-state index in [1.165, 1.54) is 0 Å². The summed E-state index contributed by atoms with van der Waals surface area (Å²) < 4.78 is 6.13. The highest BCUT2D eigenvalue weighted by Crippen LogP contribution is 2.37. The van der Waals surface area contributed by atoms with Gasteiger partial charge in [0.2, 0.25) is 0 Å². The van der Waals surface area contributed by atoms with Crippen molar-refractivity contribution in [3.8, 4) is 5.75 Å². The van der Waals surface area contributed by atoms with Gasteiger partial charge in [0.15, 0.2) is 0 Å². The summed E-state index contributed by atoms with van der Waals surface area (Å²) in [6.07, 6.45) is -0.472. The number of benzene rings is 1. The SMILES string of the molecule is OC1COc2cccc(Br)c21. The predicted molar refractivity (Wildman–Crippen MR) is 44.6 cm³/mol. The Hall–Kier alpha value is -0.540. The van der Waals surface area contributed by atoms with Gasteiger partial charge in [-0.3, -0.25) is 0 Å². The molecular formula is C8H7BrO2. The first-order valence-electron chi connectivity index (χ1n) is 3.38. The van der Waals surface area contributed by atoms with Crippen molar-refractivity contribution < 1.29 is 9.84 Å². The highest BCUT2D eigenvalue weighted by atomic mass is 79.9. The van der Waals surface area contributed by atoms with Crippen molar-refractivity contribution in [1.29, 1.82) is 0 Å². The van der Waals surface area contributed by atoms with Crippen LogP contribution in [0.3, 0.4) is 0 Å². The molecule has 0 aliphatic carbocycles. The third-order valence-corrected chi connectivity index (χ3v) is 2.43. The van der Waals surface area contributed by atoms with Crippen molar-refractivity contribution in [2.24, 2.45) is 0 Å². The zero-order valence-corrected chi connectivity index (χ0v) is 7.34. The fourth-order valence-electron chi connectivity index (χ4n) is 1.22. The van der Waals surface area contributed by atoms with Crippen LogP contribution in [0.5, 0.6) is 5.75 Å².